The molecule has 2 aromatic carbocycles. The van der Waals surface area contributed by atoms with Gasteiger partial charge in [-0.2, -0.15) is 0 Å². The zero-order valence-corrected chi connectivity index (χ0v) is 13.2. The maximum atomic E-state index is 12.3. The molecule has 120 valence electrons. The van der Waals surface area contributed by atoms with Crippen LogP contribution in [0.15, 0.2) is 72.9 Å². The van der Waals surface area contributed by atoms with Crippen molar-refractivity contribution in [1.29, 1.82) is 0 Å². The topological polar surface area (TPSA) is 62.0 Å². The highest BCUT2D eigenvalue weighted by molar-refractivity contribution is 6.01. The number of H-pyrrole nitrogens is 1. The second-order valence-electron chi connectivity index (χ2n) is 5.56. The van der Waals surface area contributed by atoms with E-state index in [0.717, 1.165) is 11.1 Å². The fourth-order valence-corrected chi connectivity index (χ4v) is 2.44. The quantitative estimate of drug-likeness (QED) is 0.685. The Bertz CT molecular complexity index is 823. The van der Waals surface area contributed by atoms with Gasteiger partial charge < -0.3 is 10.3 Å². The van der Waals surface area contributed by atoms with Crippen LogP contribution in [0, 0.1) is 0 Å². The predicted molar refractivity (Wildman–Crippen MR) is 92.9 cm³/mol. The Morgan fingerprint density at radius 1 is 0.875 bits per heavy atom. The summed E-state index contributed by atoms with van der Waals surface area (Å²) in [4.78, 5) is 27.3. The normalized spacial score (nSPS) is 10.3. The Labute approximate surface area is 140 Å². The first kappa shape index (κ1) is 15.7. The van der Waals surface area contributed by atoms with Crippen LogP contribution >= 0.6 is 0 Å². The molecule has 0 bridgehead atoms. The number of ketones is 1. The second-order valence-corrected chi connectivity index (χ2v) is 5.56. The minimum absolute atomic E-state index is 0.0143. The van der Waals surface area contributed by atoms with Gasteiger partial charge in [0.15, 0.2) is 5.78 Å². The molecular formula is C20H18N2O2. The number of benzene rings is 2. The Hall–Kier alpha value is -3.14. The summed E-state index contributed by atoms with van der Waals surface area (Å²) in [5.41, 5.74) is 2.89. The molecule has 4 nitrogen and oxygen atoms in total. The number of aromatic nitrogens is 1. The molecule has 3 rings (SSSR count). The van der Waals surface area contributed by atoms with Gasteiger partial charge in [0.05, 0.1) is 0 Å². The molecule has 4 heteroatoms. The first-order valence-corrected chi connectivity index (χ1v) is 7.80. The molecule has 0 atom stereocenters. The third kappa shape index (κ3) is 3.98. The van der Waals surface area contributed by atoms with Gasteiger partial charge in [-0.05, 0) is 17.2 Å². The number of amides is 1. The van der Waals surface area contributed by atoms with Crippen molar-refractivity contribution >= 4 is 11.7 Å². The van der Waals surface area contributed by atoms with Crippen LogP contribution < -0.4 is 5.32 Å². The van der Waals surface area contributed by atoms with Gasteiger partial charge >= 0.3 is 0 Å². The van der Waals surface area contributed by atoms with Crippen molar-refractivity contribution in [2.75, 3.05) is 0 Å². The van der Waals surface area contributed by atoms with E-state index >= 15 is 0 Å². The van der Waals surface area contributed by atoms with Crippen LogP contribution in [0.1, 0.15) is 32.0 Å². The molecule has 1 heterocycles. The summed E-state index contributed by atoms with van der Waals surface area (Å²) in [6.07, 6.45) is 1.91. The van der Waals surface area contributed by atoms with Gasteiger partial charge in [-0.3, -0.25) is 9.59 Å². The Morgan fingerprint density at radius 3 is 2.17 bits per heavy atom. The fraction of sp³-hybridized carbons (Fsp3) is 0.100. The first-order chi connectivity index (χ1) is 11.7. The summed E-state index contributed by atoms with van der Waals surface area (Å²) < 4.78 is 0. The molecule has 0 unspecified atom stereocenters. The number of carbonyl (C=O) groups is 2. The van der Waals surface area contributed by atoms with Crippen LogP contribution in [0.2, 0.25) is 0 Å². The number of nitrogens with one attached hydrogen (secondary N) is 2. The third-order valence-electron chi connectivity index (χ3n) is 3.75. The van der Waals surface area contributed by atoms with E-state index in [1.807, 2.05) is 60.7 Å². The summed E-state index contributed by atoms with van der Waals surface area (Å²) in [7, 11) is 0. The van der Waals surface area contributed by atoms with Crippen LogP contribution in [-0.4, -0.2) is 16.7 Å². The number of hydrogen-bond acceptors (Lipinski definition) is 2. The van der Waals surface area contributed by atoms with E-state index < -0.39 is 0 Å². The standard InChI is InChI=1S/C20H18N2O2/c23-19(11-15-7-3-1-4-8-15)17-12-18(21-14-17)20(24)22-13-16-9-5-2-6-10-16/h1-10,12,14,21H,11,13H2,(H,22,24). The van der Waals surface area contributed by atoms with Crippen LogP contribution in [0.25, 0.3) is 0 Å². The fourth-order valence-electron chi connectivity index (χ4n) is 2.44. The molecule has 0 aliphatic heterocycles. The van der Waals surface area contributed by atoms with Gasteiger partial charge in [0.2, 0.25) is 0 Å². The molecule has 0 fully saturated rings. The molecule has 1 aromatic heterocycles. The van der Waals surface area contributed by atoms with E-state index in [0.29, 0.717) is 24.2 Å². The van der Waals surface area contributed by atoms with Gasteiger partial charge in [-0.15, -0.1) is 0 Å². The number of hydrogen-bond donors (Lipinski definition) is 2. The maximum absolute atomic E-state index is 12.3. The molecule has 24 heavy (non-hydrogen) atoms. The van der Waals surface area contributed by atoms with E-state index in [2.05, 4.69) is 10.3 Å². The summed E-state index contributed by atoms with van der Waals surface area (Å²) in [5.74, 6) is -0.239. The third-order valence-corrected chi connectivity index (χ3v) is 3.75. The van der Waals surface area contributed by atoms with Crippen molar-refractivity contribution in [3.05, 3.63) is 95.3 Å². The van der Waals surface area contributed by atoms with Crippen molar-refractivity contribution in [1.82, 2.24) is 10.3 Å². The lowest BCUT2D eigenvalue weighted by Gasteiger charge is -2.03. The molecule has 1 amide bonds. The summed E-state index contributed by atoms with van der Waals surface area (Å²) in [6, 6.07) is 20.8. The highest BCUT2D eigenvalue weighted by Crippen LogP contribution is 2.10. The van der Waals surface area contributed by atoms with Gasteiger partial charge in [0.25, 0.3) is 5.91 Å². The maximum Gasteiger partial charge on any atom is 0.267 e. The highest BCUT2D eigenvalue weighted by atomic mass is 16.2. The second kappa shape index (κ2) is 7.42. The van der Waals surface area contributed by atoms with E-state index in [-0.39, 0.29) is 11.7 Å². The smallest absolute Gasteiger partial charge is 0.267 e. The Morgan fingerprint density at radius 2 is 1.50 bits per heavy atom. The van der Waals surface area contributed by atoms with Crippen LogP contribution in [0.3, 0.4) is 0 Å². The van der Waals surface area contributed by atoms with Crippen molar-refractivity contribution in [3.63, 3.8) is 0 Å². The summed E-state index contributed by atoms with van der Waals surface area (Å²) >= 11 is 0. The van der Waals surface area contributed by atoms with Gasteiger partial charge in [0, 0.05) is 24.7 Å². The first-order valence-electron chi connectivity index (χ1n) is 7.80. The molecule has 0 spiro atoms. The highest BCUT2D eigenvalue weighted by Gasteiger charge is 2.13. The number of rotatable bonds is 6. The molecule has 0 aliphatic rings. The van der Waals surface area contributed by atoms with E-state index in [4.69, 9.17) is 0 Å². The summed E-state index contributed by atoms with van der Waals surface area (Å²) in [6.45, 7) is 0.450. The average Bonchev–Trinajstić information content (AvgIpc) is 3.12. The Kier molecular flexibility index (Phi) is 4.87. The molecule has 0 radical (unpaired) electrons. The zero-order chi connectivity index (χ0) is 16.8. The molecule has 0 aliphatic carbocycles. The zero-order valence-electron chi connectivity index (χ0n) is 13.2. The SMILES string of the molecule is O=C(Cc1ccccc1)c1c[nH]c(C(=O)NCc2ccccc2)c1. The monoisotopic (exact) mass is 318 g/mol. The number of Topliss-reactive ketones (excluding diaryl/α,β-unsaturated/α-hetero) is 1. The van der Waals surface area contributed by atoms with Crippen molar-refractivity contribution < 1.29 is 9.59 Å². The molecule has 0 saturated heterocycles. The van der Waals surface area contributed by atoms with Crippen molar-refractivity contribution in [2.24, 2.45) is 0 Å². The van der Waals surface area contributed by atoms with E-state index in [9.17, 15) is 9.59 Å². The van der Waals surface area contributed by atoms with Crippen molar-refractivity contribution in [2.45, 2.75) is 13.0 Å². The van der Waals surface area contributed by atoms with Gasteiger partial charge in [-0.25, -0.2) is 0 Å². The van der Waals surface area contributed by atoms with E-state index in [1.165, 1.54) is 0 Å². The van der Waals surface area contributed by atoms with Gasteiger partial charge in [0.1, 0.15) is 5.69 Å². The van der Waals surface area contributed by atoms with Gasteiger partial charge in [-0.1, -0.05) is 60.7 Å². The lowest BCUT2D eigenvalue weighted by molar-refractivity contribution is 0.0946. The Balaban J connectivity index is 1.60. The summed E-state index contributed by atoms with van der Waals surface area (Å²) in [5, 5.41) is 2.84. The molecule has 3 aromatic rings. The molecular weight excluding hydrogens is 300 g/mol. The number of carbonyl (C=O) groups excluding carboxylic acids is 2. The average molecular weight is 318 g/mol. The lowest BCUT2D eigenvalue weighted by atomic mass is 10.1. The predicted octanol–water partition coefficient (Wildman–Crippen LogP) is 3.37. The minimum Gasteiger partial charge on any atom is -0.356 e. The molecule has 2 N–H and O–H groups in total. The largest absolute Gasteiger partial charge is 0.356 e. The van der Waals surface area contributed by atoms with Crippen LogP contribution in [0.4, 0.5) is 0 Å². The number of aromatic amines is 1. The molecule has 0 saturated carbocycles. The van der Waals surface area contributed by atoms with Crippen molar-refractivity contribution in [3.8, 4) is 0 Å². The lowest BCUT2D eigenvalue weighted by Crippen LogP contribution is -2.23. The minimum atomic E-state index is -0.224. The van der Waals surface area contributed by atoms with Crippen LogP contribution in [0.5, 0.6) is 0 Å². The van der Waals surface area contributed by atoms with Crippen LogP contribution in [-0.2, 0) is 13.0 Å². The van der Waals surface area contributed by atoms with E-state index in [1.54, 1.807) is 12.3 Å².